The molecular formula is C16H23Br. The monoisotopic (exact) mass is 294 g/mol. The van der Waals surface area contributed by atoms with Crippen LogP contribution in [0, 0.1) is 11.3 Å². The summed E-state index contributed by atoms with van der Waals surface area (Å²) in [5.41, 5.74) is 5.08. The van der Waals surface area contributed by atoms with Crippen LogP contribution in [0.3, 0.4) is 0 Å². The first-order valence-electron chi connectivity index (χ1n) is 6.67. The molecule has 0 saturated carbocycles. The van der Waals surface area contributed by atoms with Gasteiger partial charge < -0.3 is 0 Å². The van der Waals surface area contributed by atoms with Crippen molar-refractivity contribution in [3.63, 3.8) is 0 Å². The van der Waals surface area contributed by atoms with Gasteiger partial charge in [-0.3, -0.25) is 0 Å². The highest BCUT2D eigenvalue weighted by molar-refractivity contribution is 9.09. The molecule has 0 nitrogen and oxygen atoms in total. The number of fused-ring (bicyclic) bond motifs is 1. The fourth-order valence-electron chi connectivity index (χ4n) is 2.63. The lowest BCUT2D eigenvalue weighted by Crippen LogP contribution is -2.24. The molecule has 0 N–H and O–H groups in total. The lowest BCUT2D eigenvalue weighted by Gasteiger charge is -2.29. The zero-order chi connectivity index (χ0) is 12.5. The van der Waals surface area contributed by atoms with E-state index in [1.165, 1.54) is 31.2 Å². The standard InChI is InChI=1S/C16H23Br/c1-16(2,3)15(11-17)10-12-7-8-13-5-4-6-14(13)9-12/h7-9,15H,4-6,10-11H2,1-3H3. The number of hydrogen-bond acceptors (Lipinski definition) is 0. The van der Waals surface area contributed by atoms with Crippen molar-refractivity contribution in [2.24, 2.45) is 11.3 Å². The molecule has 0 aromatic heterocycles. The van der Waals surface area contributed by atoms with E-state index in [2.05, 4.69) is 54.9 Å². The van der Waals surface area contributed by atoms with Crippen LogP contribution in [0.25, 0.3) is 0 Å². The van der Waals surface area contributed by atoms with Crippen LogP contribution in [0.15, 0.2) is 18.2 Å². The highest BCUT2D eigenvalue weighted by Gasteiger charge is 2.24. The Bertz CT molecular complexity index is 387. The molecule has 0 spiro atoms. The second kappa shape index (κ2) is 5.14. The van der Waals surface area contributed by atoms with Gasteiger partial charge >= 0.3 is 0 Å². The van der Waals surface area contributed by atoms with Gasteiger partial charge in [-0.2, -0.15) is 0 Å². The first-order chi connectivity index (χ1) is 8.00. The summed E-state index contributed by atoms with van der Waals surface area (Å²) in [5, 5.41) is 1.09. The number of aryl methyl sites for hydroxylation is 2. The molecule has 17 heavy (non-hydrogen) atoms. The highest BCUT2D eigenvalue weighted by Crippen LogP contribution is 2.32. The zero-order valence-corrected chi connectivity index (χ0v) is 12.8. The molecule has 1 unspecified atom stereocenters. The predicted molar refractivity (Wildman–Crippen MR) is 78.9 cm³/mol. The van der Waals surface area contributed by atoms with Crippen LogP contribution in [0.1, 0.15) is 43.9 Å². The fraction of sp³-hybridized carbons (Fsp3) is 0.625. The minimum atomic E-state index is 0.377. The van der Waals surface area contributed by atoms with Crippen molar-refractivity contribution in [3.05, 3.63) is 34.9 Å². The van der Waals surface area contributed by atoms with Crippen molar-refractivity contribution < 1.29 is 0 Å². The Balaban J connectivity index is 2.13. The molecule has 1 aromatic rings. The van der Waals surface area contributed by atoms with Crippen molar-refractivity contribution >= 4 is 15.9 Å². The minimum Gasteiger partial charge on any atom is -0.0925 e. The molecule has 0 radical (unpaired) electrons. The van der Waals surface area contributed by atoms with Crippen molar-refractivity contribution in [1.29, 1.82) is 0 Å². The summed E-state index contributed by atoms with van der Waals surface area (Å²) in [6.45, 7) is 7.02. The summed E-state index contributed by atoms with van der Waals surface area (Å²) in [6, 6.07) is 7.14. The summed E-state index contributed by atoms with van der Waals surface area (Å²) in [7, 11) is 0. The van der Waals surface area contributed by atoms with Gasteiger partial charge in [-0.25, -0.2) is 0 Å². The molecule has 0 bridgehead atoms. The van der Waals surface area contributed by atoms with E-state index in [0.29, 0.717) is 11.3 Å². The summed E-state index contributed by atoms with van der Waals surface area (Å²) in [5.74, 6) is 0.710. The quantitative estimate of drug-likeness (QED) is 0.704. The van der Waals surface area contributed by atoms with Gasteiger partial charge in [0.25, 0.3) is 0 Å². The van der Waals surface area contributed by atoms with E-state index in [4.69, 9.17) is 0 Å². The fourth-order valence-corrected chi connectivity index (χ4v) is 3.83. The Morgan fingerprint density at radius 3 is 2.53 bits per heavy atom. The van der Waals surface area contributed by atoms with Gasteiger partial charge in [0, 0.05) is 5.33 Å². The second-order valence-electron chi connectivity index (χ2n) is 6.38. The van der Waals surface area contributed by atoms with Crippen molar-refractivity contribution in [1.82, 2.24) is 0 Å². The predicted octanol–water partition coefficient (Wildman–Crippen LogP) is 4.78. The van der Waals surface area contributed by atoms with Crippen LogP contribution < -0.4 is 0 Å². The van der Waals surface area contributed by atoms with E-state index in [1.54, 1.807) is 11.1 Å². The maximum absolute atomic E-state index is 3.67. The van der Waals surface area contributed by atoms with Crippen LogP contribution in [0.2, 0.25) is 0 Å². The molecule has 1 aromatic carbocycles. The molecular weight excluding hydrogens is 272 g/mol. The van der Waals surface area contributed by atoms with Gasteiger partial charge in [-0.05, 0) is 53.7 Å². The SMILES string of the molecule is CC(C)(C)C(CBr)Cc1ccc2c(c1)CCC2. The Morgan fingerprint density at radius 2 is 1.88 bits per heavy atom. The van der Waals surface area contributed by atoms with Crippen LogP contribution in [-0.2, 0) is 19.3 Å². The second-order valence-corrected chi connectivity index (χ2v) is 7.03. The molecule has 1 atom stereocenters. The van der Waals surface area contributed by atoms with Crippen LogP contribution >= 0.6 is 15.9 Å². The number of rotatable bonds is 3. The Kier molecular flexibility index (Phi) is 3.97. The van der Waals surface area contributed by atoms with Gasteiger partial charge in [0.15, 0.2) is 0 Å². The summed E-state index contributed by atoms with van der Waals surface area (Å²) in [4.78, 5) is 0. The van der Waals surface area contributed by atoms with Gasteiger partial charge in [0.1, 0.15) is 0 Å². The van der Waals surface area contributed by atoms with Gasteiger partial charge in [-0.15, -0.1) is 0 Å². The molecule has 2 rings (SSSR count). The average Bonchev–Trinajstić information content (AvgIpc) is 2.71. The van der Waals surface area contributed by atoms with E-state index < -0.39 is 0 Å². The highest BCUT2D eigenvalue weighted by atomic mass is 79.9. The largest absolute Gasteiger partial charge is 0.0925 e. The Labute approximate surface area is 114 Å². The summed E-state index contributed by atoms with van der Waals surface area (Å²) in [6.07, 6.45) is 5.12. The first-order valence-corrected chi connectivity index (χ1v) is 7.79. The van der Waals surface area contributed by atoms with Crippen LogP contribution in [-0.4, -0.2) is 5.33 Å². The molecule has 0 amide bonds. The normalized spacial score (nSPS) is 16.9. The van der Waals surface area contributed by atoms with Crippen LogP contribution in [0.4, 0.5) is 0 Å². The van der Waals surface area contributed by atoms with Crippen molar-refractivity contribution in [2.45, 2.75) is 46.5 Å². The van der Waals surface area contributed by atoms with Gasteiger partial charge in [0.2, 0.25) is 0 Å². The number of hydrogen-bond donors (Lipinski definition) is 0. The number of alkyl halides is 1. The number of benzene rings is 1. The Morgan fingerprint density at radius 1 is 1.18 bits per heavy atom. The third-order valence-corrected chi connectivity index (χ3v) is 4.84. The lowest BCUT2D eigenvalue weighted by molar-refractivity contribution is 0.267. The van der Waals surface area contributed by atoms with E-state index in [1.807, 2.05) is 0 Å². The molecule has 0 fully saturated rings. The summed E-state index contributed by atoms with van der Waals surface area (Å²) >= 11 is 3.67. The van der Waals surface area contributed by atoms with Crippen molar-refractivity contribution in [2.75, 3.05) is 5.33 Å². The third kappa shape index (κ3) is 3.13. The molecule has 1 aliphatic carbocycles. The molecule has 0 aliphatic heterocycles. The molecule has 0 saturated heterocycles. The maximum atomic E-state index is 3.67. The number of halogens is 1. The zero-order valence-electron chi connectivity index (χ0n) is 11.2. The van der Waals surface area contributed by atoms with Gasteiger partial charge in [-0.1, -0.05) is 54.9 Å². The topological polar surface area (TPSA) is 0 Å². The van der Waals surface area contributed by atoms with E-state index in [9.17, 15) is 0 Å². The Hall–Kier alpha value is -0.300. The van der Waals surface area contributed by atoms with Crippen LogP contribution in [0.5, 0.6) is 0 Å². The third-order valence-electron chi connectivity index (χ3n) is 4.06. The smallest absolute Gasteiger partial charge is 0.00678 e. The summed E-state index contributed by atoms with van der Waals surface area (Å²) < 4.78 is 0. The maximum Gasteiger partial charge on any atom is 0.00678 e. The van der Waals surface area contributed by atoms with Crippen molar-refractivity contribution in [3.8, 4) is 0 Å². The molecule has 0 heterocycles. The van der Waals surface area contributed by atoms with Gasteiger partial charge in [0.05, 0.1) is 0 Å². The van der Waals surface area contributed by atoms with E-state index in [0.717, 1.165) is 5.33 Å². The molecule has 1 aliphatic rings. The average molecular weight is 295 g/mol. The van der Waals surface area contributed by atoms with E-state index in [-0.39, 0.29) is 0 Å². The van der Waals surface area contributed by atoms with E-state index >= 15 is 0 Å². The minimum absolute atomic E-state index is 0.377. The molecule has 94 valence electrons. The lowest BCUT2D eigenvalue weighted by atomic mass is 9.78. The first kappa shape index (κ1) is 13.1. The molecule has 1 heteroatoms.